The van der Waals surface area contributed by atoms with Crippen LogP contribution in [0.4, 0.5) is 6.01 Å². The van der Waals surface area contributed by atoms with E-state index >= 15 is 0 Å². The van der Waals surface area contributed by atoms with Gasteiger partial charge >= 0.3 is 6.01 Å². The van der Waals surface area contributed by atoms with Crippen LogP contribution in [0.5, 0.6) is 5.75 Å². The van der Waals surface area contributed by atoms with Gasteiger partial charge in [0.25, 0.3) is 0 Å². The number of anilines is 1. The number of carbonyl (C=O) groups excluding carboxylic acids is 1. The SMILES string of the molecule is COc1ccc(SCC(=O)Nc2nnc(-c3ccncc3)o2)cc1. The van der Waals surface area contributed by atoms with Crippen molar-refractivity contribution in [3.05, 3.63) is 48.8 Å². The standard InChI is InChI=1S/C16H14N4O3S/c1-22-12-2-4-13(5-3-12)24-10-14(21)18-16-20-19-15(23-16)11-6-8-17-9-7-11/h2-9H,10H2,1H3,(H,18,20,21). The monoisotopic (exact) mass is 342 g/mol. The molecule has 24 heavy (non-hydrogen) atoms. The van der Waals surface area contributed by atoms with Gasteiger partial charge in [0.15, 0.2) is 0 Å². The third kappa shape index (κ3) is 4.11. The van der Waals surface area contributed by atoms with E-state index in [0.29, 0.717) is 5.89 Å². The van der Waals surface area contributed by atoms with Crippen molar-refractivity contribution in [3.8, 4) is 17.2 Å². The number of amides is 1. The first-order valence-corrected chi connectivity index (χ1v) is 8.04. The first-order valence-electron chi connectivity index (χ1n) is 7.05. The van der Waals surface area contributed by atoms with Gasteiger partial charge in [-0.3, -0.25) is 15.1 Å². The Morgan fingerprint density at radius 2 is 1.92 bits per heavy atom. The van der Waals surface area contributed by atoms with Gasteiger partial charge in [-0.05, 0) is 36.4 Å². The predicted molar refractivity (Wildman–Crippen MR) is 89.9 cm³/mol. The zero-order valence-corrected chi connectivity index (χ0v) is 13.6. The molecule has 0 saturated heterocycles. The van der Waals surface area contributed by atoms with Crippen molar-refractivity contribution in [1.29, 1.82) is 0 Å². The van der Waals surface area contributed by atoms with Crippen LogP contribution in [0.3, 0.4) is 0 Å². The molecule has 8 heteroatoms. The summed E-state index contributed by atoms with van der Waals surface area (Å²) < 4.78 is 10.5. The number of carbonyl (C=O) groups is 1. The Kier molecular flexibility index (Phi) is 5.07. The highest BCUT2D eigenvalue weighted by Gasteiger charge is 2.11. The van der Waals surface area contributed by atoms with E-state index in [1.54, 1.807) is 31.6 Å². The molecule has 1 amide bonds. The van der Waals surface area contributed by atoms with Crippen LogP contribution in [0, 0.1) is 0 Å². The average Bonchev–Trinajstić information content (AvgIpc) is 3.09. The lowest BCUT2D eigenvalue weighted by Crippen LogP contribution is -2.14. The Morgan fingerprint density at radius 1 is 1.17 bits per heavy atom. The van der Waals surface area contributed by atoms with E-state index < -0.39 is 0 Å². The highest BCUT2D eigenvalue weighted by atomic mass is 32.2. The maximum atomic E-state index is 12.0. The number of ether oxygens (including phenoxy) is 1. The van der Waals surface area contributed by atoms with Crippen LogP contribution >= 0.6 is 11.8 Å². The van der Waals surface area contributed by atoms with Gasteiger partial charge in [-0.2, -0.15) is 0 Å². The number of methoxy groups -OCH3 is 1. The van der Waals surface area contributed by atoms with Crippen LogP contribution in [-0.4, -0.2) is 34.0 Å². The number of benzene rings is 1. The van der Waals surface area contributed by atoms with Gasteiger partial charge in [0.2, 0.25) is 11.8 Å². The third-order valence-electron chi connectivity index (χ3n) is 3.03. The van der Waals surface area contributed by atoms with E-state index in [1.165, 1.54) is 11.8 Å². The van der Waals surface area contributed by atoms with Crippen LogP contribution in [0.2, 0.25) is 0 Å². The molecule has 122 valence electrons. The summed E-state index contributed by atoms with van der Waals surface area (Å²) in [6.07, 6.45) is 3.26. The summed E-state index contributed by atoms with van der Waals surface area (Å²) in [5.74, 6) is 1.12. The molecule has 0 saturated carbocycles. The fourth-order valence-corrected chi connectivity index (χ4v) is 2.56. The lowest BCUT2D eigenvalue weighted by Gasteiger charge is -2.03. The van der Waals surface area contributed by atoms with Crippen molar-refractivity contribution in [2.24, 2.45) is 0 Å². The number of hydrogen-bond donors (Lipinski definition) is 1. The number of nitrogens with zero attached hydrogens (tertiary/aromatic N) is 3. The van der Waals surface area contributed by atoms with Crippen molar-refractivity contribution >= 4 is 23.7 Å². The highest BCUT2D eigenvalue weighted by molar-refractivity contribution is 8.00. The van der Waals surface area contributed by atoms with Gasteiger partial charge in [-0.15, -0.1) is 16.9 Å². The van der Waals surface area contributed by atoms with E-state index in [2.05, 4.69) is 20.5 Å². The predicted octanol–water partition coefficient (Wildman–Crippen LogP) is 2.87. The number of hydrogen-bond acceptors (Lipinski definition) is 7. The molecule has 0 spiro atoms. The summed E-state index contributed by atoms with van der Waals surface area (Å²) in [5, 5.41) is 10.3. The normalized spacial score (nSPS) is 10.4. The minimum absolute atomic E-state index is 0.0714. The molecule has 2 heterocycles. The van der Waals surface area contributed by atoms with Gasteiger partial charge in [-0.25, -0.2) is 0 Å². The highest BCUT2D eigenvalue weighted by Crippen LogP contribution is 2.22. The molecule has 1 aromatic carbocycles. The van der Waals surface area contributed by atoms with Crippen LogP contribution in [-0.2, 0) is 4.79 Å². The molecule has 3 aromatic rings. The summed E-state index contributed by atoms with van der Waals surface area (Å²) in [5.41, 5.74) is 0.741. The number of pyridine rings is 1. The first kappa shape index (κ1) is 16.0. The maximum absolute atomic E-state index is 12.0. The molecule has 0 atom stereocenters. The summed E-state index contributed by atoms with van der Waals surface area (Å²) in [6.45, 7) is 0. The van der Waals surface area contributed by atoms with Gasteiger partial charge in [0.05, 0.1) is 12.9 Å². The molecule has 0 bridgehead atoms. The second-order valence-electron chi connectivity index (χ2n) is 4.66. The second-order valence-corrected chi connectivity index (χ2v) is 5.71. The molecular weight excluding hydrogens is 328 g/mol. The molecule has 0 aliphatic carbocycles. The van der Waals surface area contributed by atoms with E-state index in [0.717, 1.165) is 16.2 Å². The molecule has 0 unspecified atom stereocenters. The second kappa shape index (κ2) is 7.60. The summed E-state index contributed by atoms with van der Waals surface area (Å²) in [6, 6.07) is 11.0. The fourth-order valence-electron chi connectivity index (χ4n) is 1.86. The molecule has 1 N–H and O–H groups in total. The smallest absolute Gasteiger partial charge is 0.322 e. The van der Waals surface area contributed by atoms with Gasteiger partial charge in [0.1, 0.15) is 5.75 Å². The molecule has 2 aromatic heterocycles. The van der Waals surface area contributed by atoms with E-state index in [-0.39, 0.29) is 17.7 Å². The van der Waals surface area contributed by atoms with Crippen molar-refractivity contribution in [1.82, 2.24) is 15.2 Å². The number of thioether (sulfide) groups is 1. The molecule has 7 nitrogen and oxygen atoms in total. The largest absolute Gasteiger partial charge is 0.497 e. The lowest BCUT2D eigenvalue weighted by atomic mass is 10.3. The average molecular weight is 342 g/mol. The van der Waals surface area contributed by atoms with Crippen LogP contribution < -0.4 is 10.1 Å². The summed E-state index contributed by atoms with van der Waals surface area (Å²) >= 11 is 1.40. The van der Waals surface area contributed by atoms with E-state index in [1.807, 2.05) is 24.3 Å². The number of aromatic nitrogens is 3. The molecule has 0 aliphatic heterocycles. The Labute approximate surface area is 142 Å². The molecule has 0 aliphatic rings. The topological polar surface area (TPSA) is 90.1 Å². The van der Waals surface area contributed by atoms with Crippen LogP contribution in [0.15, 0.2) is 58.1 Å². The Bertz CT molecular complexity index is 806. The molecule has 3 rings (SSSR count). The quantitative estimate of drug-likeness (QED) is 0.689. The summed E-state index contributed by atoms with van der Waals surface area (Å²) in [4.78, 5) is 16.8. The molecule has 0 fully saturated rings. The minimum Gasteiger partial charge on any atom is -0.497 e. The van der Waals surface area contributed by atoms with Crippen molar-refractivity contribution < 1.29 is 13.9 Å². The number of nitrogens with one attached hydrogen (secondary N) is 1. The third-order valence-corrected chi connectivity index (χ3v) is 4.04. The number of rotatable bonds is 6. The van der Waals surface area contributed by atoms with Crippen LogP contribution in [0.25, 0.3) is 11.5 Å². The van der Waals surface area contributed by atoms with E-state index in [9.17, 15) is 4.79 Å². The van der Waals surface area contributed by atoms with Gasteiger partial charge in [-0.1, -0.05) is 5.10 Å². The van der Waals surface area contributed by atoms with Crippen molar-refractivity contribution in [2.45, 2.75) is 4.90 Å². The Hall–Kier alpha value is -2.87. The maximum Gasteiger partial charge on any atom is 0.322 e. The summed E-state index contributed by atoms with van der Waals surface area (Å²) in [7, 11) is 1.61. The Balaban J connectivity index is 1.54. The van der Waals surface area contributed by atoms with Crippen molar-refractivity contribution in [3.63, 3.8) is 0 Å². The van der Waals surface area contributed by atoms with Crippen LogP contribution in [0.1, 0.15) is 0 Å². The fraction of sp³-hybridized carbons (Fsp3) is 0.125. The van der Waals surface area contributed by atoms with Crippen molar-refractivity contribution in [2.75, 3.05) is 18.2 Å². The minimum atomic E-state index is -0.222. The van der Waals surface area contributed by atoms with Gasteiger partial charge in [0, 0.05) is 22.9 Å². The zero-order chi connectivity index (χ0) is 16.8. The van der Waals surface area contributed by atoms with E-state index in [4.69, 9.17) is 9.15 Å². The lowest BCUT2D eigenvalue weighted by molar-refractivity contribution is -0.113. The molecular formula is C16H14N4O3S. The molecule has 0 radical (unpaired) electrons. The first-order chi connectivity index (χ1) is 11.7. The van der Waals surface area contributed by atoms with Gasteiger partial charge < -0.3 is 9.15 Å². The Morgan fingerprint density at radius 3 is 2.62 bits per heavy atom. The zero-order valence-electron chi connectivity index (χ0n) is 12.8.